The SMILES string of the molecule is C=C(C)C(=O)Oc1c2c(c(OC(C)=O)c3ccccc13)CCC(C)C2. The first-order chi connectivity index (χ1) is 11.9. The highest BCUT2D eigenvalue weighted by atomic mass is 16.5. The van der Waals surface area contributed by atoms with E-state index >= 15 is 0 Å². The smallest absolute Gasteiger partial charge is 0.338 e. The van der Waals surface area contributed by atoms with Gasteiger partial charge in [-0.2, -0.15) is 0 Å². The molecule has 0 bridgehead atoms. The molecule has 25 heavy (non-hydrogen) atoms. The Kier molecular flexibility index (Phi) is 4.62. The number of rotatable bonds is 3. The van der Waals surface area contributed by atoms with Crippen molar-refractivity contribution in [1.29, 1.82) is 0 Å². The predicted octanol–water partition coefficient (Wildman–Crippen LogP) is 4.37. The zero-order valence-corrected chi connectivity index (χ0v) is 14.8. The van der Waals surface area contributed by atoms with Crippen LogP contribution in [0.2, 0.25) is 0 Å². The van der Waals surface area contributed by atoms with Crippen LogP contribution in [0.3, 0.4) is 0 Å². The molecule has 2 aromatic rings. The molecule has 0 aromatic heterocycles. The van der Waals surface area contributed by atoms with E-state index < -0.39 is 5.97 Å². The normalized spacial score (nSPS) is 16.2. The lowest BCUT2D eigenvalue weighted by Crippen LogP contribution is -2.18. The molecule has 1 atom stereocenters. The molecule has 0 spiro atoms. The van der Waals surface area contributed by atoms with Crippen LogP contribution in [0.1, 0.15) is 38.3 Å². The van der Waals surface area contributed by atoms with Crippen LogP contribution in [0.15, 0.2) is 36.4 Å². The summed E-state index contributed by atoms with van der Waals surface area (Å²) in [6.45, 7) is 8.88. The van der Waals surface area contributed by atoms with Crippen molar-refractivity contribution in [2.75, 3.05) is 0 Å². The lowest BCUT2D eigenvalue weighted by atomic mass is 9.82. The molecule has 0 saturated carbocycles. The quantitative estimate of drug-likeness (QED) is 0.474. The van der Waals surface area contributed by atoms with E-state index in [0.29, 0.717) is 23.0 Å². The van der Waals surface area contributed by atoms with E-state index in [1.807, 2.05) is 24.3 Å². The molecule has 0 radical (unpaired) electrons. The van der Waals surface area contributed by atoms with Gasteiger partial charge in [0.1, 0.15) is 11.5 Å². The van der Waals surface area contributed by atoms with Gasteiger partial charge in [-0.1, -0.05) is 37.8 Å². The van der Waals surface area contributed by atoms with Gasteiger partial charge in [0.05, 0.1) is 0 Å². The summed E-state index contributed by atoms with van der Waals surface area (Å²) in [5.41, 5.74) is 2.28. The molecule has 1 aliphatic rings. The van der Waals surface area contributed by atoms with Crippen LogP contribution < -0.4 is 9.47 Å². The third-order valence-corrected chi connectivity index (χ3v) is 4.56. The molecule has 0 saturated heterocycles. The molecule has 0 fully saturated rings. The molecule has 0 aliphatic heterocycles. The summed E-state index contributed by atoms with van der Waals surface area (Å²) in [6.07, 6.45) is 2.59. The Morgan fingerprint density at radius 3 is 2.20 bits per heavy atom. The van der Waals surface area contributed by atoms with Gasteiger partial charge in [-0.25, -0.2) is 4.79 Å². The largest absolute Gasteiger partial charge is 0.426 e. The first-order valence-electron chi connectivity index (χ1n) is 8.51. The molecular weight excluding hydrogens is 316 g/mol. The fourth-order valence-corrected chi connectivity index (χ4v) is 3.36. The summed E-state index contributed by atoms with van der Waals surface area (Å²) >= 11 is 0. The Morgan fingerprint density at radius 2 is 1.64 bits per heavy atom. The van der Waals surface area contributed by atoms with Crippen LogP contribution in [-0.4, -0.2) is 11.9 Å². The van der Waals surface area contributed by atoms with Gasteiger partial charge in [-0.05, 0) is 32.1 Å². The van der Waals surface area contributed by atoms with Crippen molar-refractivity contribution in [2.24, 2.45) is 5.92 Å². The number of fused-ring (bicyclic) bond motifs is 2. The molecule has 0 amide bonds. The Morgan fingerprint density at radius 1 is 1.04 bits per heavy atom. The second-order valence-corrected chi connectivity index (χ2v) is 6.77. The molecule has 4 nitrogen and oxygen atoms in total. The van der Waals surface area contributed by atoms with E-state index in [1.54, 1.807) is 6.92 Å². The van der Waals surface area contributed by atoms with Crippen molar-refractivity contribution < 1.29 is 19.1 Å². The predicted molar refractivity (Wildman–Crippen MR) is 96.9 cm³/mol. The topological polar surface area (TPSA) is 52.6 Å². The highest BCUT2D eigenvalue weighted by molar-refractivity contribution is 6.00. The summed E-state index contributed by atoms with van der Waals surface area (Å²) in [6, 6.07) is 7.56. The fraction of sp³-hybridized carbons (Fsp3) is 0.333. The second-order valence-electron chi connectivity index (χ2n) is 6.77. The van der Waals surface area contributed by atoms with E-state index in [4.69, 9.17) is 9.47 Å². The Balaban J connectivity index is 2.30. The molecular formula is C21H22O4. The van der Waals surface area contributed by atoms with Crippen molar-refractivity contribution in [3.63, 3.8) is 0 Å². The average Bonchev–Trinajstić information content (AvgIpc) is 2.57. The van der Waals surface area contributed by atoms with Gasteiger partial charge in [0, 0.05) is 34.4 Å². The molecule has 2 aromatic carbocycles. The maximum absolute atomic E-state index is 12.2. The Bertz CT molecular complexity index is 879. The van der Waals surface area contributed by atoms with Crippen molar-refractivity contribution in [3.8, 4) is 11.5 Å². The van der Waals surface area contributed by atoms with E-state index in [-0.39, 0.29) is 5.97 Å². The number of carbonyl (C=O) groups excluding carboxylic acids is 2. The fourth-order valence-electron chi connectivity index (χ4n) is 3.36. The minimum atomic E-state index is -0.439. The molecule has 4 heteroatoms. The second kappa shape index (κ2) is 6.71. The van der Waals surface area contributed by atoms with Gasteiger partial charge >= 0.3 is 11.9 Å². The third kappa shape index (κ3) is 3.29. The van der Waals surface area contributed by atoms with Gasteiger partial charge in [-0.3, -0.25) is 4.79 Å². The first-order valence-corrected chi connectivity index (χ1v) is 8.51. The summed E-state index contributed by atoms with van der Waals surface area (Å²) in [7, 11) is 0. The van der Waals surface area contributed by atoms with E-state index in [2.05, 4.69) is 13.5 Å². The number of hydrogen-bond donors (Lipinski definition) is 0. The summed E-state index contributed by atoms with van der Waals surface area (Å²) in [5, 5.41) is 1.57. The number of ether oxygens (including phenoxy) is 2. The molecule has 0 N–H and O–H groups in total. The standard InChI is InChI=1S/C21H22O4/c1-12(2)21(23)25-20-16-8-6-5-7-15(16)19(24-14(4)22)17-10-9-13(3)11-18(17)20/h5-8,13H,1,9-11H2,2-4H3. The van der Waals surface area contributed by atoms with Crippen molar-refractivity contribution >= 4 is 22.7 Å². The monoisotopic (exact) mass is 338 g/mol. The van der Waals surface area contributed by atoms with Crippen molar-refractivity contribution in [1.82, 2.24) is 0 Å². The number of carbonyl (C=O) groups is 2. The van der Waals surface area contributed by atoms with Crippen LogP contribution in [-0.2, 0) is 22.4 Å². The molecule has 130 valence electrons. The van der Waals surface area contributed by atoms with Crippen LogP contribution in [0.25, 0.3) is 10.8 Å². The van der Waals surface area contributed by atoms with Gasteiger partial charge in [0.2, 0.25) is 0 Å². The van der Waals surface area contributed by atoms with Crippen LogP contribution in [0.4, 0.5) is 0 Å². The highest BCUT2D eigenvalue weighted by Crippen LogP contribution is 2.45. The minimum absolute atomic E-state index is 0.349. The minimum Gasteiger partial charge on any atom is -0.426 e. The number of hydrogen-bond acceptors (Lipinski definition) is 4. The van der Waals surface area contributed by atoms with Gasteiger partial charge in [-0.15, -0.1) is 0 Å². The van der Waals surface area contributed by atoms with Gasteiger partial charge < -0.3 is 9.47 Å². The summed E-state index contributed by atoms with van der Waals surface area (Å²) < 4.78 is 11.3. The summed E-state index contributed by atoms with van der Waals surface area (Å²) in [5.74, 6) is 0.853. The van der Waals surface area contributed by atoms with Gasteiger partial charge in [0.15, 0.2) is 0 Å². The van der Waals surface area contributed by atoms with Crippen LogP contribution >= 0.6 is 0 Å². The van der Waals surface area contributed by atoms with Crippen LogP contribution in [0, 0.1) is 5.92 Å². The highest BCUT2D eigenvalue weighted by Gasteiger charge is 2.28. The molecule has 0 heterocycles. The molecule has 3 rings (SSSR count). The number of esters is 2. The number of benzene rings is 2. The maximum Gasteiger partial charge on any atom is 0.338 e. The Hall–Kier alpha value is -2.62. The van der Waals surface area contributed by atoms with Gasteiger partial charge in [0.25, 0.3) is 0 Å². The summed E-state index contributed by atoms with van der Waals surface area (Å²) in [4.78, 5) is 23.8. The zero-order valence-electron chi connectivity index (χ0n) is 14.8. The van der Waals surface area contributed by atoms with Crippen LogP contribution in [0.5, 0.6) is 11.5 Å². The van der Waals surface area contributed by atoms with Crippen molar-refractivity contribution in [2.45, 2.75) is 40.0 Å². The lowest BCUT2D eigenvalue weighted by molar-refractivity contribution is -0.132. The Labute approximate surface area is 147 Å². The average molecular weight is 338 g/mol. The van der Waals surface area contributed by atoms with E-state index in [0.717, 1.165) is 41.2 Å². The third-order valence-electron chi connectivity index (χ3n) is 4.56. The van der Waals surface area contributed by atoms with Crippen molar-refractivity contribution in [3.05, 3.63) is 47.5 Å². The molecule has 1 unspecified atom stereocenters. The van der Waals surface area contributed by atoms with E-state index in [1.165, 1.54) is 6.92 Å². The lowest BCUT2D eigenvalue weighted by Gasteiger charge is -2.27. The zero-order chi connectivity index (χ0) is 18.1. The first kappa shape index (κ1) is 17.2. The van der Waals surface area contributed by atoms with E-state index in [9.17, 15) is 9.59 Å². The molecule has 1 aliphatic carbocycles. The maximum atomic E-state index is 12.2.